The molecule has 3 aliphatic heterocycles. The molecule has 174 valence electrons. The minimum absolute atomic E-state index is 0.131. The topological polar surface area (TPSA) is 68.4 Å². The van der Waals surface area contributed by atoms with Gasteiger partial charge in [-0.25, -0.2) is 9.18 Å². The lowest BCUT2D eigenvalue weighted by molar-refractivity contribution is -0.139. The van der Waals surface area contributed by atoms with Gasteiger partial charge in [-0.05, 0) is 30.7 Å². The number of anilines is 1. The molecule has 3 atom stereocenters. The molecule has 1 N–H and O–H groups in total. The smallest absolute Gasteiger partial charge is 0.328 e. The van der Waals surface area contributed by atoms with Gasteiger partial charge < -0.3 is 14.5 Å². The van der Waals surface area contributed by atoms with Crippen LogP contribution in [0.4, 0.5) is 14.9 Å². The Kier molecular flexibility index (Phi) is 5.64. The van der Waals surface area contributed by atoms with E-state index in [9.17, 15) is 14.0 Å². The molecule has 0 radical (unpaired) electrons. The van der Waals surface area contributed by atoms with E-state index < -0.39 is 24.1 Å². The van der Waals surface area contributed by atoms with Gasteiger partial charge in [0.1, 0.15) is 30.1 Å². The van der Waals surface area contributed by atoms with Gasteiger partial charge in [-0.1, -0.05) is 23.7 Å². The summed E-state index contributed by atoms with van der Waals surface area (Å²) in [6.45, 7) is 1.28. The molecule has 0 spiro atoms. The van der Waals surface area contributed by atoms with E-state index in [4.69, 9.17) is 16.3 Å². The number of ether oxygens (including phenoxy) is 1. The molecule has 3 saturated heterocycles. The number of carbonyl (C=O) groups is 2. The molecule has 3 unspecified atom stereocenters. The number of fused-ring (bicyclic) bond motifs is 3. The van der Waals surface area contributed by atoms with Crippen LogP contribution in [0.25, 0.3) is 0 Å². The molecule has 3 aliphatic rings. The van der Waals surface area contributed by atoms with Crippen molar-refractivity contribution >= 4 is 29.2 Å². The second kappa shape index (κ2) is 8.48. The minimum atomic E-state index is -0.586. The van der Waals surface area contributed by atoms with Crippen molar-refractivity contribution in [1.82, 2.24) is 20.0 Å². The minimum Gasteiger partial charge on any atom is -0.497 e. The Morgan fingerprint density at radius 1 is 1.18 bits per heavy atom. The first kappa shape index (κ1) is 21.9. The van der Waals surface area contributed by atoms with Crippen molar-refractivity contribution in [2.45, 2.75) is 31.5 Å². The van der Waals surface area contributed by atoms with Crippen molar-refractivity contribution in [3.05, 3.63) is 58.9 Å². The number of methoxy groups -OCH3 is 1. The maximum Gasteiger partial charge on any atom is 0.328 e. The quantitative estimate of drug-likeness (QED) is 0.736. The second-order valence-electron chi connectivity index (χ2n) is 8.43. The lowest BCUT2D eigenvalue weighted by Crippen LogP contribution is -2.66. The fraction of sp³-hybridized carbons (Fsp3) is 0.391. The normalized spacial score (nSPS) is 25.3. The fourth-order valence-electron chi connectivity index (χ4n) is 4.96. The van der Waals surface area contributed by atoms with E-state index in [2.05, 4.69) is 15.1 Å². The van der Waals surface area contributed by atoms with E-state index in [1.807, 2.05) is 24.3 Å². The van der Waals surface area contributed by atoms with Gasteiger partial charge in [-0.3, -0.25) is 19.9 Å². The highest BCUT2D eigenvalue weighted by Crippen LogP contribution is 2.35. The molecule has 0 saturated carbocycles. The zero-order chi connectivity index (χ0) is 23.3. The van der Waals surface area contributed by atoms with Gasteiger partial charge in [0.2, 0.25) is 0 Å². The van der Waals surface area contributed by atoms with Crippen LogP contribution >= 0.6 is 11.6 Å². The van der Waals surface area contributed by atoms with Gasteiger partial charge in [0.15, 0.2) is 0 Å². The van der Waals surface area contributed by atoms with Crippen LogP contribution < -0.4 is 15.0 Å². The first-order valence-electron chi connectivity index (χ1n) is 10.8. The number of hydrogen-bond acceptors (Lipinski definition) is 6. The number of urea groups is 1. The molecule has 5 rings (SSSR count). The van der Waals surface area contributed by atoms with Gasteiger partial charge in [0.05, 0.1) is 13.7 Å². The molecule has 3 fully saturated rings. The van der Waals surface area contributed by atoms with Crippen molar-refractivity contribution in [2.75, 3.05) is 32.1 Å². The lowest BCUT2D eigenvalue weighted by Gasteiger charge is -2.44. The Balaban J connectivity index is 1.45. The summed E-state index contributed by atoms with van der Waals surface area (Å²) in [5.74, 6) is -0.154. The Morgan fingerprint density at radius 3 is 2.73 bits per heavy atom. The van der Waals surface area contributed by atoms with Crippen molar-refractivity contribution in [1.29, 1.82) is 0 Å². The summed E-state index contributed by atoms with van der Waals surface area (Å²) >= 11 is 6.17. The van der Waals surface area contributed by atoms with Gasteiger partial charge in [-0.2, -0.15) is 0 Å². The van der Waals surface area contributed by atoms with Crippen LogP contribution in [0.5, 0.6) is 5.75 Å². The maximum absolute atomic E-state index is 14.4. The number of imide groups is 1. The van der Waals surface area contributed by atoms with Crippen LogP contribution in [0.2, 0.25) is 5.02 Å². The molecular formula is C23H25ClFN5O3. The fourth-order valence-corrected chi connectivity index (χ4v) is 5.18. The average molecular weight is 474 g/mol. The monoisotopic (exact) mass is 473 g/mol. The van der Waals surface area contributed by atoms with E-state index in [-0.39, 0.29) is 29.3 Å². The first-order valence-corrected chi connectivity index (χ1v) is 11.2. The van der Waals surface area contributed by atoms with Crippen LogP contribution in [-0.4, -0.2) is 72.4 Å². The Bertz CT molecular complexity index is 1080. The number of amides is 3. The number of nitrogens with one attached hydrogen (secondary N) is 1. The summed E-state index contributed by atoms with van der Waals surface area (Å²) in [5.41, 5.74) is 1.10. The molecular weight excluding hydrogens is 449 g/mol. The van der Waals surface area contributed by atoms with Crippen molar-refractivity contribution in [3.63, 3.8) is 0 Å². The zero-order valence-corrected chi connectivity index (χ0v) is 19.1. The molecule has 2 aromatic rings. The average Bonchev–Trinajstić information content (AvgIpc) is 3.22. The highest BCUT2D eigenvalue weighted by Gasteiger charge is 2.56. The summed E-state index contributed by atoms with van der Waals surface area (Å²) in [7, 11) is 3.28. The van der Waals surface area contributed by atoms with Gasteiger partial charge in [-0.15, -0.1) is 0 Å². The third-order valence-corrected chi connectivity index (χ3v) is 6.99. The number of halogens is 2. The van der Waals surface area contributed by atoms with E-state index in [1.165, 1.54) is 17.0 Å². The summed E-state index contributed by atoms with van der Waals surface area (Å²) in [6.07, 6.45) is 0.0912. The molecule has 10 heteroatoms. The third kappa shape index (κ3) is 3.60. The number of hydrogen-bond donors (Lipinski definition) is 1. The van der Waals surface area contributed by atoms with Gasteiger partial charge >= 0.3 is 6.03 Å². The van der Waals surface area contributed by atoms with E-state index in [1.54, 1.807) is 20.2 Å². The number of carbonyl (C=O) groups excluding carboxylic acids is 2. The summed E-state index contributed by atoms with van der Waals surface area (Å²) in [5, 5.41) is 3.65. The molecule has 0 aromatic heterocycles. The maximum atomic E-state index is 14.4. The molecule has 3 amide bonds. The standard InChI is InChI=1S/C23H25ClFN5O3/c1-27-20-19(21(31)30(23(27)32)13-16-17(24)8-4-9-18(16)25)29-11-5-10-28(22(29)26-20)14-6-3-7-15(12-14)33-2/h3-4,6-9,12,19-20,22,26H,5,10-11,13H2,1-2H3. The van der Waals surface area contributed by atoms with Crippen LogP contribution in [-0.2, 0) is 11.3 Å². The van der Waals surface area contributed by atoms with Crippen LogP contribution in [0.1, 0.15) is 12.0 Å². The second-order valence-corrected chi connectivity index (χ2v) is 8.84. The molecule has 33 heavy (non-hydrogen) atoms. The number of rotatable bonds is 4. The largest absolute Gasteiger partial charge is 0.497 e. The molecule has 8 nitrogen and oxygen atoms in total. The van der Waals surface area contributed by atoms with E-state index in [0.717, 1.165) is 29.3 Å². The van der Waals surface area contributed by atoms with Crippen LogP contribution in [0.3, 0.4) is 0 Å². The molecule has 2 aromatic carbocycles. The highest BCUT2D eigenvalue weighted by molar-refractivity contribution is 6.31. The first-order chi connectivity index (χ1) is 15.9. The van der Waals surface area contributed by atoms with Gasteiger partial charge in [0.25, 0.3) is 5.91 Å². The van der Waals surface area contributed by atoms with Crippen LogP contribution in [0, 0.1) is 5.82 Å². The Morgan fingerprint density at radius 2 is 1.97 bits per heavy atom. The Hall–Kier alpha value is -2.88. The molecule has 3 heterocycles. The number of benzene rings is 2. The summed E-state index contributed by atoms with van der Waals surface area (Å²) < 4.78 is 19.8. The molecule has 0 bridgehead atoms. The van der Waals surface area contributed by atoms with Crippen molar-refractivity contribution < 1.29 is 18.7 Å². The Labute approximate surface area is 196 Å². The SMILES string of the molecule is COc1cccc(N2CCCN3C4C(=O)N(Cc5c(F)cccc5Cl)C(=O)N(C)C4NC23)c1. The van der Waals surface area contributed by atoms with Gasteiger partial charge in [0, 0.05) is 42.5 Å². The number of nitrogens with zero attached hydrogens (tertiary/aromatic N) is 4. The third-order valence-electron chi connectivity index (χ3n) is 6.63. The lowest BCUT2D eigenvalue weighted by atomic mass is 10.1. The highest BCUT2D eigenvalue weighted by atomic mass is 35.5. The summed E-state index contributed by atoms with van der Waals surface area (Å²) in [6, 6.07) is 11.0. The van der Waals surface area contributed by atoms with E-state index in [0.29, 0.717) is 6.54 Å². The predicted molar refractivity (Wildman–Crippen MR) is 121 cm³/mol. The summed E-state index contributed by atoms with van der Waals surface area (Å²) in [4.78, 5) is 33.6. The van der Waals surface area contributed by atoms with E-state index >= 15 is 0 Å². The zero-order valence-electron chi connectivity index (χ0n) is 18.4. The van der Waals surface area contributed by atoms with Crippen LogP contribution in [0.15, 0.2) is 42.5 Å². The van der Waals surface area contributed by atoms with Crippen molar-refractivity contribution in [2.24, 2.45) is 0 Å². The predicted octanol–water partition coefficient (Wildman–Crippen LogP) is 2.68. The molecule has 0 aliphatic carbocycles. The van der Waals surface area contributed by atoms with Crippen molar-refractivity contribution in [3.8, 4) is 5.75 Å². The number of likely N-dealkylation sites (N-methyl/N-ethyl adjacent to an activating group) is 1.